The van der Waals surface area contributed by atoms with Gasteiger partial charge in [-0.1, -0.05) is 0 Å². The van der Waals surface area contributed by atoms with Crippen molar-refractivity contribution < 1.29 is 4.79 Å². The number of hydrogen-bond acceptors (Lipinski definition) is 1. The molecule has 5 heavy (non-hydrogen) atoms. The fourth-order valence-corrected chi connectivity index (χ4v) is 0. The summed E-state index contributed by atoms with van der Waals surface area (Å²) < 4.78 is 0. The lowest BCUT2D eigenvalue weighted by Gasteiger charge is -1.69. The van der Waals surface area contributed by atoms with E-state index in [0.717, 1.165) is 0 Å². The van der Waals surface area contributed by atoms with E-state index in [1.807, 2.05) is 0 Å². The van der Waals surface area contributed by atoms with Crippen molar-refractivity contribution in [2.24, 2.45) is 0 Å². The predicted molar refractivity (Wildman–Crippen MR) is 21.1 cm³/mol. The average Bonchev–Trinajstić information content (AvgIpc) is 1.38. The van der Waals surface area contributed by atoms with Gasteiger partial charge in [-0.25, -0.2) is 0 Å². The zero-order chi connectivity index (χ0) is 4.28. The zero-order valence-electron chi connectivity index (χ0n) is 2.70. The number of Topliss-reactive ketones (excluding diaryl/α,β-unsaturated/α-hetero) is 1. The van der Waals surface area contributed by atoms with Gasteiger partial charge in [0, 0.05) is 6.92 Å². The summed E-state index contributed by atoms with van der Waals surface area (Å²) in [4.78, 5) is 9.57. The molecule has 0 aromatic carbocycles. The molecule has 0 saturated heterocycles. The highest BCUT2D eigenvalue weighted by Gasteiger charge is 1.79. The summed E-state index contributed by atoms with van der Waals surface area (Å²) in [5.74, 6) is -0.202. The fourth-order valence-electron chi connectivity index (χ4n) is 0. The minimum absolute atomic E-state index is 0.0278. The minimum Gasteiger partial charge on any atom is -0.298 e. The Morgan fingerprint density at radius 3 is 2.20 bits per heavy atom. The number of carbonyl (C=O) groups is 1. The van der Waals surface area contributed by atoms with Gasteiger partial charge in [0.15, 0.2) is 0 Å². The summed E-state index contributed by atoms with van der Waals surface area (Å²) in [5.41, 5.74) is 0. The molecular weight excluding hydrogens is 87.5 g/mol. The van der Waals surface area contributed by atoms with Crippen LogP contribution in [0.2, 0.25) is 0 Å². The Labute approximate surface area is 35.9 Å². The Kier molecular flexibility index (Phi) is 2.19. The first-order chi connectivity index (χ1) is 2.27. The standard InChI is InChI=1S/C3H4ClO/c1-3(5)2-4/h1-2H2. The van der Waals surface area contributed by atoms with E-state index in [1.165, 1.54) is 0 Å². The number of alkyl halides is 1. The van der Waals surface area contributed by atoms with Crippen LogP contribution in [-0.2, 0) is 4.79 Å². The monoisotopic (exact) mass is 91.0 g/mol. The van der Waals surface area contributed by atoms with Crippen molar-refractivity contribution >= 4 is 17.4 Å². The molecule has 2 heteroatoms. The van der Waals surface area contributed by atoms with Crippen LogP contribution in [0.1, 0.15) is 0 Å². The van der Waals surface area contributed by atoms with Gasteiger partial charge in [-0.15, -0.1) is 11.6 Å². The summed E-state index contributed by atoms with van der Waals surface area (Å²) in [6.07, 6.45) is 0. The smallest absolute Gasteiger partial charge is 0.148 e. The number of carbonyl (C=O) groups excluding carboxylic acids is 1. The molecule has 0 aromatic heterocycles. The van der Waals surface area contributed by atoms with Gasteiger partial charge in [-0.3, -0.25) is 4.79 Å². The average molecular weight is 91.5 g/mol. The Balaban J connectivity index is 2.85. The lowest BCUT2D eigenvalue weighted by atomic mass is 10.5. The molecular formula is C3H4ClO. The van der Waals surface area contributed by atoms with Gasteiger partial charge in [0.1, 0.15) is 5.78 Å². The van der Waals surface area contributed by atoms with Crippen LogP contribution >= 0.6 is 11.6 Å². The van der Waals surface area contributed by atoms with Crippen LogP contribution in [0.4, 0.5) is 0 Å². The van der Waals surface area contributed by atoms with Crippen molar-refractivity contribution in [2.75, 3.05) is 5.88 Å². The van der Waals surface area contributed by atoms with E-state index in [-0.39, 0.29) is 11.7 Å². The first-order valence-corrected chi connectivity index (χ1v) is 1.71. The van der Waals surface area contributed by atoms with Gasteiger partial charge >= 0.3 is 0 Å². The van der Waals surface area contributed by atoms with Gasteiger partial charge in [-0.05, 0) is 0 Å². The predicted octanol–water partition coefficient (Wildman–Crippen LogP) is 0.628. The lowest BCUT2D eigenvalue weighted by molar-refractivity contribution is -0.112. The summed E-state index contributed by atoms with van der Waals surface area (Å²) in [6.45, 7) is 2.99. The van der Waals surface area contributed by atoms with Crippen LogP contribution in [0.15, 0.2) is 0 Å². The third kappa shape index (κ3) is 3.96. The van der Waals surface area contributed by atoms with Crippen LogP contribution in [0.5, 0.6) is 0 Å². The van der Waals surface area contributed by atoms with Gasteiger partial charge in [0.05, 0.1) is 5.88 Å². The fraction of sp³-hybridized carbons (Fsp3) is 0.333. The second-order valence-electron chi connectivity index (χ2n) is 0.672. The maximum Gasteiger partial charge on any atom is 0.148 e. The van der Waals surface area contributed by atoms with E-state index >= 15 is 0 Å². The number of ketones is 1. The molecule has 1 radical (unpaired) electrons. The summed E-state index contributed by atoms with van der Waals surface area (Å²) in [6, 6.07) is 0. The quantitative estimate of drug-likeness (QED) is 0.433. The third-order valence-electron chi connectivity index (χ3n) is 0.149. The number of halogens is 1. The van der Waals surface area contributed by atoms with Crippen LogP contribution < -0.4 is 0 Å². The van der Waals surface area contributed by atoms with Crippen LogP contribution in [0.3, 0.4) is 0 Å². The molecule has 0 amide bonds. The Hall–Kier alpha value is -0.0400. The Morgan fingerprint density at radius 1 is 2.00 bits per heavy atom. The number of rotatable bonds is 1. The van der Waals surface area contributed by atoms with E-state index in [4.69, 9.17) is 11.6 Å². The molecule has 0 aromatic rings. The maximum absolute atomic E-state index is 9.57. The zero-order valence-corrected chi connectivity index (χ0v) is 3.46. The van der Waals surface area contributed by atoms with Gasteiger partial charge in [-0.2, -0.15) is 0 Å². The van der Waals surface area contributed by atoms with Crippen LogP contribution in [0, 0.1) is 6.92 Å². The van der Waals surface area contributed by atoms with E-state index in [1.54, 1.807) is 0 Å². The van der Waals surface area contributed by atoms with Crippen molar-refractivity contribution in [3.05, 3.63) is 6.92 Å². The van der Waals surface area contributed by atoms with Crippen LogP contribution in [0.25, 0.3) is 0 Å². The van der Waals surface area contributed by atoms with E-state index in [9.17, 15) is 4.79 Å². The van der Waals surface area contributed by atoms with Crippen molar-refractivity contribution in [1.82, 2.24) is 0 Å². The first kappa shape index (κ1) is 4.96. The highest BCUT2D eigenvalue weighted by Crippen LogP contribution is 1.70. The van der Waals surface area contributed by atoms with Crippen molar-refractivity contribution in [1.29, 1.82) is 0 Å². The molecule has 0 atom stereocenters. The molecule has 0 rings (SSSR count). The van der Waals surface area contributed by atoms with Crippen molar-refractivity contribution in [3.8, 4) is 0 Å². The van der Waals surface area contributed by atoms with E-state index < -0.39 is 0 Å². The third-order valence-corrected chi connectivity index (χ3v) is 0.447. The molecule has 29 valence electrons. The first-order valence-electron chi connectivity index (χ1n) is 1.18. The Bertz CT molecular complexity index is 42.2. The van der Waals surface area contributed by atoms with Gasteiger partial charge in [0.2, 0.25) is 0 Å². The molecule has 0 unspecified atom stereocenters. The SMILES string of the molecule is [CH2]C(=O)CCl. The van der Waals surface area contributed by atoms with Crippen molar-refractivity contribution in [3.63, 3.8) is 0 Å². The second-order valence-corrected chi connectivity index (χ2v) is 0.940. The Morgan fingerprint density at radius 2 is 2.20 bits per heavy atom. The topological polar surface area (TPSA) is 17.1 Å². The molecule has 0 N–H and O–H groups in total. The molecule has 0 fully saturated rings. The van der Waals surface area contributed by atoms with E-state index in [2.05, 4.69) is 6.92 Å². The lowest BCUT2D eigenvalue weighted by Crippen LogP contribution is -1.87. The molecule has 1 nitrogen and oxygen atoms in total. The molecule has 0 aliphatic heterocycles. The minimum atomic E-state index is -0.230. The number of hydrogen-bond donors (Lipinski definition) is 0. The summed E-state index contributed by atoms with van der Waals surface area (Å²) >= 11 is 4.92. The molecule has 0 aliphatic rings. The second kappa shape index (κ2) is 2.21. The van der Waals surface area contributed by atoms with Crippen LogP contribution in [-0.4, -0.2) is 11.7 Å². The molecule has 0 aliphatic carbocycles. The molecule has 0 bridgehead atoms. The maximum atomic E-state index is 9.57. The normalized spacial score (nSPS) is 7.60. The molecule has 0 heterocycles. The van der Waals surface area contributed by atoms with E-state index in [0.29, 0.717) is 0 Å². The largest absolute Gasteiger partial charge is 0.298 e. The summed E-state index contributed by atoms with van der Waals surface area (Å²) in [7, 11) is 0. The molecule has 0 spiro atoms. The highest BCUT2D eigenvalue weighted by molar-refractivity contribution is 6.28. The van der Waals surface area contributed by atoms with Crippen molar-refractivity contribution in [2.45, 2.75) is 0 Å². The summed E-state index contributed by atoms with van der Waals surface area (Å²) in [5, 5.41) is 0. The van der Waals surface area contributed by atoms with Gasteiger partial charge < -0.3 is 0 Å². The highest BCUT2D eigenvalue weighted by atomic mass is 35.5. The molecule has 0 saturated carbocycles. The van der Waals surface area contributed by atoms with Gasteiger partial charge in [0.25, 0.3) is 0 Å².